The van der Waals surface area contributed by atoms with Gasteiger partial charge in [0.05, 0.1) is 5.56 Å². The summed E-state index contributed by atoms with van der Waals surface area (Å²) in [5, 5.41) is 0. The molecule has 0 spiro atoms. The smallest absolute Gasteiger partial charge is 0.256 e. The molecule has 3 nitrogen and oxygen atoms in total. The third-order valence-corrected chi connectivity index (χ3v) is 4.85. The van der Waals surface area contributed by atoms with Crippen LogP contribution >= 0.6 is 15.9 Å². The Hall–Kier alpha value is -0.940. The highest BCUT2D eigenvalue weighted by atomic mass is 79.9. The molecule has 3 unspecified atom stereocenters. The summed E-state index contributed by atoms with van der Waals surface area (Å²) in [5.41, 5.74) is 6.20. The van der Waals surface area contributed by atoms with E-state index in [-0.39, 0.29) is 17.5 Å². The fourth-order valence-electron chi connectivity index (χ4n) is 3.31. The number of nitrogens with zero attached hydrogens (tertiary/aromatic N) is 1. The van der Waals surface area contributed by atoms with Crippen molar-refractivity contribution in [2.75, 3.05) is 13.1 Å². The van der Waals surface area contributed by atoms with Gasteiger partial charge in [-0.15, -0.1) is 0 Å². The summed E-state index contributed by atoms with van der Waals surface area (Å²) in [7, 11) is 0. The summed E-state index contributed by atoms with van der Waals surface area (Å²) >= 11 is 3.27. The Labute approximate surface area is 120 Å². The topological polar surface area (TPSA) is 46.3 Å². The number of rotatable bonds is 1. The van der Waals surface area contributed by atoms with Crippen molar-refractivity contribution in [3.05, 3.63) is 34.1 Å². The van der Waals surface area contributed by atoms with Crippen molar-refractivity contribution in [2.24, 2.45) is 17.6 Å². The number of carbonyl (C=O) groups excluding carboxylic acids is 1. The monoisotopic (exact) mass is 326 g/mol. The van der Waals surface area contributed by atoms with Gasteiger partial charge in [0.1, 0.15) is 5.82 Å². The number of benzene rings is 1. The van der Waals surface area contributed by atoms with E-state index in [9.17, 15) is 9.18 Å². The molecule has 0 aromatic heterocycles. The van der Waals surface area contributed by atoms with Crippen molar-refractivity contribution < 1.29 is 9.18 Å². The van der Waals surface area contributed by atoms with E-state index in [2.05, 4.69) is 15.9 Å². The normalized spacial score (nSPS) is 29.6. The molecule has 2 N–H and O–H groups in total. The van der Waals surface area contributed by atoms with E-state index in [0.29, 0.717) is 29.4 Å². The number of hydrogen-bond acceptors (Lipinski definition) is 2. The van der Waals surface area contributed by atoms with Gasteiger partial charge in [-0.05, 0) is 42.9 Å². The van der Waals surface area contributed by atoms with Crippen LogP contribution in [0.4, 0.5) is 4.39 Å². The Balaban J connectivity index is 1.80. The van der Waals surface area contributed by atoms with Crippen molar-refractivity contribution in [2.45, 2.75) is 18.9 Å². The SMILES string of the molecule is NC1CCC2CN(C(=O)c3cc(Br)ccc3F)CC12. The first-order chi connectivity index (χ1) is 9.06. The van der Waals surface area contributed by atoms with E-state index in [1.165, 1.54) is 6.07 Å². The minimum absolute atomic E-state index is 0.142. The zero-order valence-electron chi connectivity index (χ0n) is 10.5. The first-order valence-electron chi connectivity index (χ1n) is 6.56. The lowest BCUT2D eigenvalue weighted by Crippen LogP contribution is -2.33. The molecule has 1 aliphatic carbocycles. The van der Waals surface area contributed by atoms with Gasteiger partial charge in [-0.25, -0.2) is 4.39 Å². The fraction of sp³-hybridized carbons (Fsp3) is 0.500. The molecule has 1 heterocycles. The Morgan fingerprint density at radius 3 is 2.89 bits per heavy atom. The van der Waals surface area contributed by atoms with Gasteiger partial charge in [0, 0.05) is 23.6 Å². The second-order valence-corrected chi connectivity index (χ2v) is 6.42. The molecule has 2 fully saturated rings. The predicted molar refractivity (Wildman–Crippen MR) is 74.2 cm³/mol. The van der Waals surface area contributed by atoms with E-state index in [1.807, 2.05) is 0 Å². The van der Waals surface area contributed by atoms with E-state index < -0.39 is 5.82 Å². The highest BCUT2D eigenvalue weighted by Crippen LogP contribution is 2.37. The maximum absolute atomic E-state index is 13.7. The van der Waals surface area contributed by atoms with Gasteiger partial charge in [0.15, 0.2) is 0 Å². The first-order valence-corrected chi connectivity index (χ1v) is 7.35. The predicted octanol–water partition coefficient (Wildman–Crippen LogP) is 2.40. The van der Waals surface area contributed by atoms with Crippen LogP contribution in [0.25, 0.3) is 0 Å². The van der Waals surface area contributed by atoms with Crippen LogP contribution in [0.1, 0.15) is 23.2 Å². The van der Waals surface area contributed by atoms with Crippen molar-refractivity contribution in [1.29, 1.82) is 0 Å². The molecule has 0 bridgehead atoms. The third-order valence-electron chi connectivity index (χ3n) is 4.36. The number of hydrogen-bond donors (Lipinski definition) is 1. The molecule has 19 heavy (non-hydrogen) atoms. The molecule has 0 radical (unpaired) electrons. The van der Waals surface area contributed by atoms with Crippen LogP contribution in [0.5, 0.6) is 0 Å². The average molecular weight is 327 g/mol. The molecule has 102 valence electrons. The van der Waals surface area contributed by atoms with Crippen LogP contribution in [0, 0.1) is 17.7 Å². The lowest BCUT2D eigenvalue weighted by Gasteiger charge is -2.19. The summed E-state index contributed by atoms with van der Waals surface area (Å²) in [6.45, 7) is 1.37. The summed E-state index contributed by atoms with van der Waals surface area (Å²) in [4.78, 5) is 14.1. The lowest BCUT2D eigenvalue weighted by atomic mass is 9.98. The molecule has 1 aromatic rings. The molecule has 1 saturated carbocycles. The minimum atomic E-state index is -0.463. The quantitative estimate of drug-likeness (QED) is 0.861. The average Bonchev–Trinajstić information content (AvgIpc) is 2.94. The molecule has 3 rings (SSSR count). The largest absolute Gasteiger partial charge is 0.338 e. The molecule has 1 amide bonds. The van der Waals surface area contributed by atoms with Gasteiger partial charge in [-0.3, -0.25) is 4.79 Å². The molecule has 5 heteroatoms. The van der Waals surface area contributed by atoms with Gasteiger partial charge >= 0.3 is 0 Å². The number of amides is 1. The van der Waals surface area contributed by atoms with Crippen molar-refractivity contribution >= 4 is 21.8 Å². The maximum atomic E-state index is 13.7. The third kappa shape index (κ3) is 2.30. The highest BCUT2D eigenvalue weighted by Gasteiger charge is 2.42. The van der Waals surface area contributed by atoms with Crippen LogP contribution in [-0.4, -0.2) is 29.9 Å². The lowest BCUT2D eigenvalue weighted by molar-refractivity contribution is 0.0775. The van der Waals surface area contributed by atoms with Crippen molar-refractivity contribution in [3.63, 3.8) is 0 Å². The van der Waals surface area contributed by atoms with Crippen LogP contribution in [0.3, 0.4) is 0 Å². The summed E-state index contributed by atoms with van der Waals surface area (Å²) in [5.74, 6) is 0.197. The molecule has 2 aliphatic rings. The van der Waals surface area contributed by atoms with E-state index in [0.717, 1.165) is 12.8 Å². The second-order valence-electron chi connectivity index (χ2n) is 5.50. The maximum Gasteiger partial charge on any atom is 0.256 e. The summed E-state index contributed by atoms with van der Waals surface area (Å²) in [6, 6.07) is 4.65. The first kappa shape index (κ1) is 13.1. The van der Waals surface area contributed by atoms with Crippen LogP contribution in [-0.2, 0) is 0 Å². The van der Waals surface area contributed by atoms with Crippen LogP contribution < -0.4 is 5.73 Å². The molecule has 3 atom stereocenters. The van der Waals surface area contributed by atoms with E-state index >= 15 is 0 Å². The number of halogens is 2. The zero-order valence-corrected chi connectivity index (χ0v) is 12.1. The van der Waals surface area contributed by atoms with E-state index in [4.69, 9.17) is 5.73 Å². The van der Waals surface area contributed by atoms with Gasteiger partial charge in [0.25, 0.3) is 5.91 Å². The molecular weight excluding hydrogens is 311 g/mol. The van der Waals surface area contributed by atoms with Crippen molar-refractivity contribution in [1.82, 2.24) is 4.90 Å². The number of likely N-dealkylation sites (tertiary alicyclic amines) is 1. The van der Waals surface area contributed by atoms with Gasteiger partial charge in [0.2, 0.25) is 0 Å². The van der Waals surface area contributed by atoms with Crippen molar-refractivity contribution in [3.8, 4) is 0 Å². The molecule has 1 aliphatic heterocycles. The van der Waals surface area contributed by atoms with Gasteiger partial charge in [-0.2, -0.15) is 0 Å². The number of nitrogens with two attached hydrogens (primary N) is 1. The minimum Gasteiger partial charge on any atom is -0.338 e. The Morgan fingerprint density at radius 1 is 1.37 bits per heavy atom. The standard InChI is InChI=1S/C14H16BrFN2O/c15-9-2-3-12(16)10(5-9)14(19)18-6-8-1-4-13(17)11(8)7-18/h2-3,5,8,11,13H,1,4,6-7,17H2. The highest BCUT2D eigenvalue weighted by molar-refractivity contribution is 9.10. The molecule has 1 saturated heterocycles. The Morgan fingerprint density at radius 2 is 2.16 bits per heavy atom. The number of carbonyl (C=O) groups is 1. The van der Waals surface area contributed by atoms with Gasteiger partial charge in [-0.1, -0.05) is 15.9 Å². The van der Waals surface area contributed by atoms with E-state index in [1.54, 1.807) is 17.0 Å². The molecule has 1 aromatic carbocycles. The Bertz CT molecular complexity index is 522. The summed E-state index contributed by atoms with van der Waals surface area (Å²) in [6.07, 6.45) is 2.12. The Kier molecular flexibility index (Phi) is 3.35. The van der Waals surface area contributed by atoms with Gasteiger partial charge < -0.3 is 10.6 Å². The zero-order chi connectivity index (χ0) is 13.6. The van der Waals surface area contributed by atoms with Crippen LogP contribution in [0.15, 0.2) is 22.7 Å². The van der Waals surface area contributed by atoms with Crippen LogP contribution in [0.2, 0.25) is 0 Å². The summed E-state index contributed by atoms with van der Waals surface area (Å²) < 4.78 is 14.5. The molecular formula is C14H16BrFN2O. The fourth-order valence-corrected chi connectivity index (χ4v) is 3.67. The second kappa shape index (κ2) is 4.87. The number of fused-ring (bicyclic) bond motifs is 1.